The zero-order valence-corrected chi connectivity index (χ0v) is 19.6. The number of nitrogens with two attached hydrogens (primary N) is 1. The molecule has 1 heterocycles. The third-order valence-electron chi connectivity index (χ3n) is 8.34. The summed E-state index contributed by atoms with van der Waals surface area (Å²) in [5.41, 5.74) is 8.40. The molecule has 0 radical (unpaired) electrons. The van der Waals surface area contributed by atoms with E-state index in [1.165, 1.54) is 30.5 Å². The van der Waals surface area contributed by atoms with Gasteiger partial charge in [-0.15, -0.1) is 0 Å². The number of hydrogen-bond donors (Lipinski definition) is 4. The first-order valence-electron chi connectivity index (χ1n) is 12.7. The second-order valence-corrected chi connectivity index (χ2v) is 10.5. The van der Waals surface area contributed by atoms with Crippen LogP contribution in [-0.2, 0) is 16.6 Å². The van der Waals surface area contributed by atoms with Crippen molar-refractivity contribution in [2.24, 2.45) is 17.6 Å². The molecule has 0 spiro atoms. The van der Waals surface area contributed by atoms with E-state index in [0.29, 0.717) is 30.7 Å². The topological polar surface area (TPSA) is 98.8 Å². The molecule has 2 aliphatic carbocycles. The predicted octanol–water partition coefficient (Wildman–Crippen LogP) is 3.26. The average Bonchev–Trinajstić information content (AvgIpc) is 3.55. The first kappa shape index (κ1) is 23.5. The summed E-state index contributed by atoms with van der Waals surface area (Å²) < 4.78 is 0. The minimum Gasteiger partial charge on any atom is -0.508 e. The number of likely N-dealkylation sites (tertiary alicyclic amines) is 1. The third kappa shape index (κ3) is 4.97. The summed E-state index contributed by atoms with van der Waals surface area (Å²) in [6, 6.07) is 6.13. The third-order valence-corrected chi connectivity index (χ3v) is 8.34. The predicted molar refractivity (Wildman–Crippen MR) is 127 cm³/mol. The summed E-state index contributed by atoms with van der Waals surface area (Å²) >= 11 is 0. The Morgan fingerprint density at radius 3 is 2.81 bits per heavy atom. The van der Waals surface area contributed by atoms with Crippen molar-refractivity contribution < 1.29 is 15.0 Å². The maximum Gasteiger partial charge on any atom is 0.320 e. The lowest BCUT2D eigenvalue weighted by molar-refractivity contribution is -0.139. The van der Waals surface area contributed by atoms with Crippen molar-refractivity contribution in [3.63, 3.8) is 0 Å². The normalized spacial score (nSPS) is 27.9. The molecule has 3 aliphatic rings. The molecule has 5 N–H and O–H groups in total. The number of aliphatic carboxylic acids is 1. The van der Waals surface area contributed by atoms with E-state index in [4.69, 9.17) is 5.73 Å². The van der Waals surface area contributed by atoms with Gasteiger partial charge in [-0.25, -0.2) is 0 Å². The van der Waals surface area contributed by atoms with Crippen LogP contribution in [0.4, 0.5) is 0 Å². The van der Waals surface area contributed by atoms with Crippen molar-refractivity contribution in [2.75, 3.05) is 26.2 Å². The molecule has 178 valence electrons. The van der Waals surface area contributed by atoms with E-state index in [1.54, 1.807) is 0 Å². The standard InChI is InChI=1S/C26H41N3O3/c1-18-24-14-20-9-10-21(30)15-22(20)26(18,17-29(24)16-19-7-8-19)11-3-5-13-28-23(25(31)32)6-2-4-12-27/h9-10,15,18-19,23-24,28,30H,2-8,11-14,16-17,27H2,1H3,(H,31,32)/t18-,23-,24+,26?/m0/s1. The van der Waals surface area contributed by atoms with Crippen molar-refractivity contribution in [1.82, 2.24) is 10.2 Å². The molecule has 6 nitrogen and oxygen atoms in total. The molecular weight excluding hydrogens is 402 g/mol. The van der Waals surface area contributed by atoms with E-state index in [1.807, 2.05) is 12.1 Å². The fourth-order valence-electron chi connectivity index (χ4n) is 6.30. The summed E-state index contributed by atoms with van der Waals surface area (Å²) in [5.74, 6) is 1.07. The molecule has 1 aromatic rings. The fourth-order valence-corrected chi connectivity index (χ4v) is 6.30. The molecule has 1 saturated heterocycles. The van der Waals surface area contributed by atoms with Gasteiger partial charge in [0.25, 0.3) is 0 Å². The lowest BCUT2D eigenvalue weighted by Gasteiger charge is -2.40. The highest BCUT2D eigenvalue weighted by atomic mass is 16.4. The van der Waals surface area contributed by atoms with Gasteiger partial charge < -0.3 is 21.3 Å². The molecule has 1 unspecified atom stereocenters. The molecule has 1 saturated carbocycles. The largest absolute Gasteiger partial charge is 0.508 e. The van der Waals surface area contributed by atoms with Crippen LogP contribution in [0.3, 0.4) is 0 Å². The summed E-state index contributed by atoms with van der Waals surface area (Å²) in [7, 11) is 0. The number of nitrogens with one attached hydrogen (secondary N) is 1. The number of carboxylic acids is 1. The second-order valence-electron chi connectivity index (χ2n) is 10.5. The maximum atomic E-state index is 11.5. The minimum absolute atomic E-state index is 0.0964. The molecular formula is C26H41N3O3. The van der Waals surface area contributed by atoms with Gasteiger partial charge >= 0.3 is 5.97 Å². The lowest BCUT2D eigenvalue weighted by atomic mass is 9.63. The van der Waals surface area contributed by atoms with Crippen LogP contribution in [0.5, 0.6) is 5.75 Å². The van der Waals surface area contributed by atoms with Gasteiger partial charge in [-0.2, -0.15) is 0 Å². The Morgan fingerprint density at radius 1 is 1.28 bits per heavy atom. The highest BCUT2D eigenvalue weighted by molar-refractivity contribution is 5.73. The monoisotopic (exact) mass is 443 g/mol. The van der Waals surface area contributed by atoms with Crippen LogP contribution in [0.25, 0.3) is 0 Å². The molecule has 32 heavy (non-hydrogen) atoms. The van der Waals surface area contributed by atoms with Gasteiger partial charge in [0.1, 0.15) is 11.8 Å². The zero-order valence-electron chi connectivity index (χ0n) is 19.6. The van der Waals surface area contributed by atoms with Gasteiger partial charge in [-0.1, -0.05) is 25.8 Å². The Hall–Kier alpha value is -1.63. The second kappa shape index (κ2) is 10.1. The smallest absolute Gasteiger partial charge is 0.320 e. The van der Waals surface area contributed by atoms with Crippen molar-refractivity contribution in [2.45, 2.75) is 82.2 Å². The van der Waals surface area contributed by atoms with Gasteiger partial charge in [0.2, 0.25) is 0 Å². The number of aromatic hydroxyl groups is 1. The average molecular weight is 444 g/mol. The van der Waals surface area contributed by atoms with E-state index in [9.17, 15) is 15.0 Å². The lowest BCUT2D eigenvalue weighted by Crippen LogP contribution is -2.41. The Balaban J connectivity index is 1.38. The Bertz CT molecular complexity index is 797. The quantitative estimate of drug-likeness (QED) is 0.349. The first-order chi connectivity index (χ1) is 15.4. The number of fused-ring (bicyclic) bond motifs is 4. The Kier molecular flexibility index (Phi) is 7.43. The van der Waals surface area contributed by atoms with Gasteiger partial charge in [0, 0.05) is 24.5 Å². The number of unbranched alkanes of at least 4 members (excludes halogenated alkanes) is 2. The molecule has 4 rings (SSSR count). The van der Waals surface area contributed by atoms with E-state index in [2.05, 4.69) is 23.2 Å². The minimum atomic E-state index is -0.764. The number of carboxylic acid groups (broad SMARTS) is 1. The summed E-state index contributed by atoms with van der Waals surface area (Å²) in [6.07, 6.45) is 9.32. The molecule has 4 atom stereocenters. The van der Waals surface area contributed by atoms with Crippen LogP contribution in [0.2, 0.25) is 0 Å². The fraction of sp³-hybridized carbons (Fsp3) is 0.731. The Morgan fingerprint density at radius 2 is 2.09 bits per heavy atom. The highest BCUT2D eigenvalue weighted by Gasteiger charge is 2.54. The van der Waals surface area contributed by atoms with Crippen LogP contribution in [0.15, 0.2) is 18.2 Å². The zero-order chi connectivity index (χ0) is 22.7. The number of benzene rings is 1. The van der Waals surface area contributed by atoms with Crippen LogP contribution in [0, 0.1) is 11.8 Å². The number of phenols is 1. The van der Waals surface area contributed by atoms with Crippen LogP contribution < -0.4 is 11.1 Å². The van der Waals surface area contributed by atoms with Crippen LogP contribution in [0.1, 0.15) is 69.4 Å². The van der Waals surface area contributed by atoms with Crippen LogP contribution >= 0.6 is 0 Å². The first-order valence-corrected chi connectivity index (χ1v) is 12.7. The van der Waals surface area contributed by atoms with Crippen molar-refractivity contribution in [1.29, 1.82) is 0 Å². The Labute approximate surface area is 192 Å². The molecule has 1 aliphatic heterocycles. The summed E-state index contributed by atoms with van der Waals surface area (Å²) in [4.78, 5) is 14.3. The molecule has 2 fully saturated rings. The van der Waals surface area contributed by atoms with Gasteiger partial charge in [0.05, 0.1) is 0 Å². The van der Waals surface area contributed by atoms with Crippen molar-refractivity contribution >= 4 is 5.97 Å². The van der Waals surface area contributed by atoms with Crippen molar-refractivity contribution in [3.8, 4) is 5.75 Å². The molecule has 2 bridgehead atoms. The number of phenolic OH excluding ortho intramolecular Hbond substituents is 1. The van der Waals surface area contributed by atoms with Crippen molar-refractivity contribution in [3.05, 3.63) is 29.3 Å². The van der Waals surface area contributed by atoms with Gasteiger partial charge in [-0.05, 0) is 93.1 Å². The SMILES string of the molecule is C[C@H]1[C@H]2Cc3ccc(O)cc3C1(CCCCN[C@@H](CCCCN)C(=O)O)CN2CC1CC1. The molecule has 1 aromatic carbocycles. The summed E-state index contributed by atoms with van der Waals surface area (Å²) in [5, 5.41) is 23.0. The van der Waals surface area contributed by atoms with Gasteiger partial charge in [-0.3, -0.25) is 9.69 Å². The number of carbonyl (C=O) groups is 1. The molecule has 0 aromatic heterocycles. The summed E-state index contributed by atoms with van der Waals surface area (Å²) in [6.45, 7) is 6.08. The number of rotatable bonds is 13. The van der Waals surface area contributed by atoms with Crippen LogP contribution in [-0.4, -0.2) is 59.3 Å². The molecule has 0 amide bonds. The molecule has 6 heteroatoms. The maximum absolute atomic E-state index is 11.5. The van der Waals surface area contributed by atoms with E-state index in [0.717, 1.165) is 57.5 Å². The van der Waals surface area contributed by atoms with E-state index < -0.39 is 12.0 Å². The van der Waals surface area contributed by atoms with Gasteiger partial charge in [0.15, 0.2) is 0 Å². The van der Waals surface area contributed by atoms with E-state index >= 15 is 0 Å². The van der Waals surface area contributed by atoms with E-state index in [-0.39, 0.29) is 5.41 Å². The number of hydrogen-bond acceptors (Lipinski definition) is 5. The highest BCUT2D eigenvalue weighted by Crippen LogP contribution is 2.53. The number of nitrogens with zero attached hydrogens (tertiary/aromatic N) is 1.